The molecular formula is C17H15ClN2O. The highest BCUT2D eigenvalue weighted by molar-refractivity contribution is 6.31. The number of anilines is 1. The monoisotopic (exact) mass is 298 g/mol. The zero-order valence-corrected chi connectivity index (χ0v) is 12.6. The summed E-state index contributed by atoms with van der Waals surface area (Å²) in [6, 6.07) is 13.9. The van der Waals surface area contributed by atoms with Gasteiger partial charge in [-0.2, -0.15) is 0 Å². The van der Waals surface area contributed by atoms with Crippen molar-refractivity contribution in [2.24, 2.45) is 0 Å². The third kappa shape index (κ3) is 2.52. The van der Waals surface area contributed by atoms with Crippen LogP contribution in [0, 0.1) is 13.8 Å². The van der Waals surface area contributed by atoms with Crippen molar-refractivity contribution in [1.29, 1.82) is 0 Å². The van der Waals surface area contributed by atoms with E-state index >= 15 is 0 Å². The SMILES string of the molecule is Cc1ccc(-c2c(-c3ccc(Cl)c(C)c3)noc2N)cc1. The predicted octanol–water partition coefficient (Wildman–Crippen LogP) is 4.86. The van der Waals surface area contributed by atoms with Gasteiger partial charge in [0.05, 0.1) is 5.56 Å². The van der Waals surface area contributed by atoms with Crippen LogP contribution in [0.1, 0.15) is 11.1 Å². The second-order valence-corrected chi connectivity index (χ2v) is 5.51. The molecule has 0 saturated carbocycles. The van der Waals surface area contributed by atoms with Gasteiger partial charge in [-0.3, -0.25) is 0 Å². The van der Waals surface area contributed by atoms with E-state index in [0.29, 0.717) is 5.88 Å². The lowest BCUT2D eigenvalue weighted by Gasteiger charge is -2.05. The fourth-order valence-corrected chi connectivity index (χ4v) is 2.41. The van der Waals surface area contributed by atoms with Crippen LogP contribution in [0.15, 0.2) is 47.0 Å². The predicted molar refractivity (Wildman–Crippen MR) is 86.3 cm³/mol. The maximum Gasteiger partial charge on any atom is 0.230 e. The second kappa shape index (κ2) is 5.26. The molecule has 21 heavy (non-hydrogen) atoms. The quantitative estimate of drug-likeness (QED) is 0.735. The summed E-state index contributed by atoms with van der Waals surface area (Å²) in [5, 5.41) is 4.84. The van der Waals surface area contributed by atoms with Crippen molar-refractivity contribution in [3.63, 3.8) is 0 Å². The van der Waals surface area contributed by atoms with Crippen molar-refractivity contribution in [2.75, 3.05) is 5.73 Å². The highest BCUT2D eigenvalue weighted by atomic mass is 35.5. The minimum atomic E-state index is 0.321. The van der Waals surface area contributed by atoms with Crippen LogP contribution < -0.4 is 5.73 Å². The van der Waals surface area contributed by atoms with Gasteiger partial charge in [-0.25, -0.2) is 0 Å². The average molecular weight is 299 g/mol. The van der Waals surface area contributed by atoms with Gasteiger partial charge < -0.3 is 10.3 Å². The molecule has 0 bridgehead atoms. The van der Waals surface area contributed by atoms with Gasteiger partial charge in [0.25, 0.3) is 0 Å². The summed E-state index contributed by atoms with van der Waals surface area (Å²) in [5.41, 5.74) is 11.6. The van der Waals surface area contributed by atoms with E-state index in [0.717, 1.165) is 33.0 Å². The maximum absolute atomic E-state index is 6.08. The van der Waals surface area contributed by atoms with Crippen molar-refractivity contribution in [2.45, 2.75) is 13.8 Å². The Bertz CT molecular complexity index is 791. The second-order valence-electron chi connectivity index (χ2n) is 5.10. The molecule has 3 aromatic rings. The van der Waals surface area contributed by atoms with Gasteiger partial charge in [0.15, 0.2) is 0 Å². The Morgan fingerprint density at radius 2 is 1.67 bits per heavy atom. The van der Waals surface area contributed by atoms with Crippen LogP contribution in [-0.2, 0) is 0 Å². The van der Waals surface area contributed by atoms with Crippen molar-refractivity contribution < 1.29 is 4.52 Å². The summed E-state index contributed by atoms with van der Waals surface area (Å²) < 4.78 is 5.20. The van der Waals surface area contributed by atoms with E-state index < -0.39 is 0 Å². The zero-order valence-electron chi connectivity index (χ0n) is 11.9. The fraction of sp³-hybridized carbons (Fsp3) is 0.118. The molecule has 0 unspecified atom stereocenters. The fourth-order valence-electron chi connectivity index (χ4n) is 2.29. The molecular weight excluding hydrogens is 284 g/mol. The number of aryl methyl sites for hydroxylation is 2. The molecule has 2 N–H and O–H groups in total. The molecule has 0 saturated heterocycles. The van der Waals surface area contributed by atoms with Gasteiger partial charge in [-0.05, 0) is 37.1 Å². The van der Waals surface area contributed by atoms with E-state index in [1.807, 2.05) is 56.3 Å². The first-order valence-electron chi connectivity index (χ1n) is 6.65. The number of hydrogen-bond donors (Lipinski definition) is 1. The molecule has 3 nitrogen and oxygen atoms in total. The van der Waals surface area contributed by atoms with Crippen LogP contribution in [0.25, 0.3) is 22.4 Å². The van der Waals surface area contributed by atoms with E-state index in [1.165, 1.54) is 5.56 Å². The molecule has 2 aromatic carbocycles. The number of nitrogens with zero attached hydrogens (tertiary/aromatic N) is 1. The van der Waals surface area contributed by atoms with Crippen LogP contribution in [0.3, 0.4) is 0 Å². The van der Waals surface area contributed by atoms with Crippen molar-refractivity contribution in [3.8, 4) is 22.4 Å². The molecule has 0 atom stereocenters. The Labute approximate surface area is 128 Å². The summed E-state index contributed by atoms with van der Waals surface area (Å²) in [5.74, 6) is 0.321. The first-order chi connectivity index (χ1) is 10.1. The number of nitrogens with two attached hydrogens (primary N) is 1. The molecule has 1 heterocycles. The Hall–Kier alpha value is -2.26. The van der Waals surface area contributed by atoms with Crippen LogP contribution in [0.4, 0.5) is 5.88 Å². The van der Waals surface area contributed by atoms with Crippen LogP contribution in [-0.4, -0.2) is 5.16 Å². The van der Waals surface area contributed by atoms with Crippen molar-refractivity contribution >= 4 is 17.5 Å². The standard InChI is InChI=1S/C17H15ClN2O/c1-10-3-5-12(6-4-10)15-16(20-21-17(15)19)13-7-8-14(18)11(2)9-13/h3-9H,19H2,1-2H3. The minimum absolute atomic E-state index is 0.321. The largest absolute Gasteiger partial charge is 0.367 e. The number of halogens is 1. The first-order valence-corrected chi connectivity index (χ1v) is 7.03. The maximum atomic E-state index is 6.08. The summed E-state index contributed by atoms with van der Waals surface area (Å²) in [4.78, 5) is 0. The van der Waals surface area contributed by atoms with Crippen LogP contribution in [0.2, 0.25) is 5.02 Å². The average Bonchev–Trinajstić information content (AvgIpc) is 2.85. The van der Waals surface area contributed by atoms with Crippen molar-refractivity contribution in [1.82, 2.24) is 5.16 Å². The molecule has 0 aliphatic rings. The molecule has 3 rings (SSSR count). The van der Waals surface area contributed by atoms with E-state index in [1.54, 1.807) is 0 Å². The molecule has 0 radical (unpaired) electrons. The first kappa shape index (κ1) is 13.7. The van der Waals surface area contributed by atoms with Gasteiger partial charge in [-0.15, -0.1) is 0 Å². The topological polar surface area (TPSA) is 52.0 Å². The lowest BCUT2D eigenvalue weighted by molar-refractivity contribution is 0.439. The summed E-state index contributed by atoms with van der Waals surface area (Å²) in [6.07, 6.45) is 0. The third-order valence-corrected chi connectivity index (χ3v) is 3.91. The zero-order chi connectivity index (χ0) is 15.0. The van der Waals surface area contributed by atoms with Crippen LogP contribution >= 0.6 is 11.6 Å². The Balaban J connectivity index is 2.16. The number of benzene rings is 2. The molecule has 0 aliphatic carbocycles. The van der Waals surface area contributed by atoms with E-state index in [9.17, 15) is 0 Å². The van der Waals surface area contributed by atoms with Gasteiger partial charge in [-0.1, -0.05) is 52.7 Å². The van der Waals surface area contributed by atoms with E-state index in [2.05, 4.69) is 5.16 Å². The molecule has 1 aromatic heterocycles. The Morgan fingerprint density at radius 3 is 2.33 bits per heavy atom. The Morgan fingerprint density at radius 1 is 1.00 bits per heavy atom. The van der Waals surface area contributed by atoms with E-state index in [-0.39, 0.29) is 0 Å². The summed E-state index contributed by atoms with van der Waals surface area (Å²) in [7, 11) is 0. The number of rotatable bonds is 2. The normalized spacial score (nSPS) is 10.8. The molecule has 4 heteroatoms. The number of nitrogen functional groups attached to an aromatic ring is 1. The van der Waals surface area contributed by atoms with Gasteiger partial charge in [0, 0.05) is 10.6 Å². The summed E-state index contributed by atoms with van der Waals surface area (Å²) >= 11 is 6.08. The molecule has 0 fully saturated rings. The lowest BCUT2D eigenvalue weighted by Crippen LogP contribution is -1.88. The van der Waals surface area contributed by atoms with Gasteiger partial charge in [0.1, 0.15) is 5.69 Å². The van der Waals surface area contributed by atoms with Gasteiger partial charge in [0.2, 0.25) is 5.88 Å². The number of hydrogen-bond acceptors (Lipinski definition) is 3. The smallest absolute Gasteiger partial charge is 0.230 e. The molecule has 0 amide bonds. The minimum Gasteiger partial charge on any atom is -0.367 e. The Kier molecular flexibility index (Phi) is 3.43. The highest BCUT2D eigenvalue weighted by Gasteiger charge is 2.17. The highest BCUT2D eigenvalue weighted by Crippen LogP contribution is 2.37. The van der Waals surface area contributed by atoms with Crippen molar-refractivity contribution in [3.05, 3.63) is 58.6 Å². The van der Waals surface area contributed by atoms with E-state index in [4.69, 9.17) is 21.9 Å². The van der Waals surface area contributed by atoms with Gasteiger partial charge >= 0.3 is 0 Å². The molecule has 0 spiro atoms. The number of aromatic nitrogens is 1. The third-order valence-electron chi connectivity index (χ3n) is 3.49. The lowest BCUT2D eigenvalue weighted by atomic mass is 9.99. The molecule has 0 aliphatic heterocycles. The molecule has 106 valence electrons. The summed E-state index contributed by atoms with van der Waals surface area (Å²) in [6.45, 7) is 4.01. The van der Waals surface area contributed by atoms with Crippen LogP contribution in [0.5, 0.6) is 0 Å².